The molecule has 2 unspecified atom stereocenters. The summed E-state index contributed by atoms with van der Waals surface area (Å²) in [5, 5.41) is 6.05. The maximum absolute atomic E-state index is 12.5. The Bertz CT molecular complexity index is 475. The third kappa shape index (κ3) is 2.69. The van der Waals surface area contributed by atoms with Gasteiger partial charge >= 0.3 is 6.03 Å². The molecular formula is C15H26N4O3. The van der Waals surface area contributed by atoms with Crippen LogP contribution in [0.4, 0.5) is 4.79 Å². The molecule has 0 bridgehead atoms. The molecular weight excluding hydrogens is 284 g/mol. The predicted molar refractivity (Wildman–Crippen MR) is 82.2 cm³/mol. The second-order valence-corrected chi connectivity index (χ2v) is 6.18. The molecule has 0 saturated carbocycles. The fraction of sp³-hybridized carbons (Fsp3) is 0.800. The highest BCUT2D eigenvalue weighted by Crippen LogP contribution is 2.25. The number of nitrogens with one attached hydrogen (secondary N) is 2. The van der Waals surface area contributed by atoms with E-state index >= 15 is 0 Å². The highest BCUT2D eigenvalue weighted by Gasteiger charge is 2.49. The Kier molecular flexibility index (Phi) is 4.75. The molecule has 2 heterocycles. The number of urea groups is 1. The monoisotopic (exact) mass is 310 g/mol. The number of imide groups is 1. The zero-order valence-electron chi connectivity index (χ0n) is 13.8. The van der Waals surface area contributed by atoms with E-state index in [1.54, 1.807) is 4.90 Å². The number of nitrogens with zero attached hydrogens (tertiary/aromatic N) is 2. The summed E-state index contributed by atoms with van der Waals surface area (Å²) in [6.07, 6.45) is 1.06. The van der Waals surface area contributed by atoms with Crippen LogP contribution in [-0.4, -0.2) is 64.9 Å². The predicted octanol–water partition coefficient (Wildman–Crippen LogP) is 0.306. The lowest BCUT2D eigenvalue weighted by Crippen LogP contribution is -2.59. The summed E-state index contributed by atoms with van der Waals surface area (Å²) in [5.41, 5.74) is -0.847. The minimum absolute atomic E-state index is 0.0455. The Balaban J connectivity index is 2.08. The molecule has 0 aromatic carbocycles. The number of hydrogen-bond acceptors (Lipinski definition) is 4. The first-order valence-corrected chi connectivity index (χ1v) is 8.03. The molecule has 2 fully saturated rings. The van der Waals surface area contributed by atoms with Gasteiger partial charge in [-0.15, -0.1) is 0 Å². The van der Waals surface area contributed by atoms with Gasteiger partial charge in [0.1, 0.15) is 12.1 Å². The lowest BCUT2D eigenvalue weighted by Gasteiger charge is -2.39. The van der Waals surface area contributed by atoms with E-state index in [0.717, 1.165) is 11.4 Å². The average molecular weight is 310 g/mol. The fourth-order valence-corrected chi connectivity index (χ4v) is 3.18. The molecule has 2 rings (SSSR count). The van der Waals surface area contributed by atoms with Crippen LogP contribution in [0.5, 0.6) is 0 Å². The standard InChI is InChI=1S/C15H26N4O3/c1-5-15(6-2)13(21)19(14(22)17-15)9-12(20)18-8-7-16-10(3)11(18)4/h10-11,16H,5-9H2,1-4H3,(H,17,22). The van der Waals surface area contributed by atoms with Crippen molar-refractivity contribution in [2.45, 2.75) is 58.2 Å². The number of carbonyl (C=O) groups is 3. The second kappa shape index (κ2) is 6.24. The molecule has 0 aromatic rings. The molecule has 2 atom stereocenters. The van der Waals surface area contributed by atoms with Crippen molar-refractivity contribution in [3.8, 4) is 0 Å². The lowest BCUT2D eigenvalue weighted by molar-refractivity contribution is -0.141. The smallest absolute Gasteiger partial charge is 0.325 e. The molecule has 2 aliphatic heterocycles. The van der Waals surface area contributed by atoms with Crippen LogP contribution in [0, 0.1) is 0 Å². The number of carbonyl (C=O) groups excluding carboxylic acids is 3. The summed E-state index contributed by atoms with van der Waals surface area (Å²) >= 11 is 0. The van der Waals surface area contributed by atoms with Crippen LogP contribution in [0.3, 0.4) is 0 Å². The third-order valence-corrected chi connectivity index (χ3v) is 5.10. The van der Waals surface area contributed by atoms with Gasteiger partial charge in [0.05, 0.1) is 0 Å². The zero-order valence-corrected chi connectivity index (χ0v) is 13.8. The van der Waals surface area contributed by atoms with Crippen molar-refractivity contribution < 1.29 is 14.4 Å². The van der Waals surface area contributed by atoms with Crippen LogP contribution in [0.25, 0.3) is 0 Å². The van der Waals surface area contributed by atoms with Crippen molar-refractivity contribution in [1.82, 2.24) is 20.4 Å². The Morgan fingerprint density at radius 3 is 2.45 bits per heavy atom. The first kappa shape index (κ1) is 16.7. The molecule has 4 amide bonds. The van der Waals surface area contributed by atoms with Gasteiger partial charge in [0.2, 0.25) is 5.91 Å². The van der Waals surface area contributed by atoms with Crippen molar-refractivity contribution in [2.24, 2.45) is 0 Å². The van der Waals surface area contributed by atoms with E-state index in [-0.39, 0.29) is 30.4 Å². The van der Waals surface area contributed by atoms with Gasteiger partial charge in [0, 0.05) is 25.2 Å². The van der Waals surface area contributed by atoms with E-state index in [9.17, 15) is 14.4 Å². The van der Waals surface area contributed by atoms with Gasteiger partial charge in [0.25, 0.3) is 5.91 Å². The summed E-state index contributed by atoms with van der Waals surface area (Å²) in [6.45, 7) is 8.88. The molecule has 124 valence electrons. The molecule has 7 nitrogen and oxygen atoms in total. The summed E-state index contributed by atoms with van der Waals surface area (Å²) in [7, 11) is 0. The van der Waals surface area contributed by atoms with Gasteiger partial charge < -0.3 is 15.5 Å². The fourth-order valence-electron chi connectivity index (χ4n) is 3.18. The Morgan fingerprint density at radius 1 is 1.27 bits per heavy atom. The van der Waals surface area contributed by atoms with Crippen LogP contribution in [-0.2, 0) is 9.59 Å². The molecule has 22 heavy (non-hydrogen) atoms. The van der Waals surface area contributed by atoms with Crippen molar-refractivity contribution in [1.29, 1.82) is 0 Å². The molecule has 0 aromatic heterocycles. The van der Waals surface area contributed by atoms with E-state index in [4.69, 9.17) is 0 Å². The number of piperazine rings is 1. The molecule has 0 spiro atoms. The maximum atomic E-state index is 12.5. The van der Waals surface area contributed by atoms with Crippen LogP contribution in [0.15, 0.2) is 0 Å². The van der Waals surface area contributed by atoms with Gasteiger partial charge in [-0.25, -0.2) is 4.79 Å². The molecule has 2 saturated heterocycles. The molecule has 2 aliphatic rings. The first-order valence-electron chi connectivity index (χ1n) is 8.03. The Morgan fingerprint density at radius 2 is 1.91 bits per heavy atom. The van der Waals surface area contributed by atoms with Crippen molar-refractivity contribution in [2.75, 3.05) is 19.6 Å². The van der Waals surface area contributed by atoms with Crippen molar-refractivity contribution in [3.05, 3.63) is 0 Å². The number of rotatable bonds is 4. The SMILES string of the molecule is CCC1(CC)NC(=O)N(CC(=O)N2CCNC(C)C2C)C1=O. The zero-order chi connectivity index (χ0) is 16.5. The Hall–Kier alpha value is -1.63. The van der Waals surface area contributed by atoms with E-state index in [1.165, 1.54) is 0 Å². The average Bonchev–Trinajstić information content (AvgIpc) is 2.74. The van der Waals surface area contributed by atoms with Gasteiger partial charge in [-0.05, 0) is 26.7 Å². The van der Waals surface area contributed by atoms with E-state index < -0.39 is 11.6 Å². The van der Waals surface area contributed by atoms with Crippen LogP contribution >= 0.6 is 0 Å². The third-order valence-electron chi connectivity index (χ3n) is 5.10. The highest BCUT2D eigenvalue weighted by molar-refractivity contribution is 6.09. The minimum Gasteiger partial charge on any atom is -0.336 e. The van der Waals surface area contributed by atoms with Crippen LogP contribution in [0.2, 0.25) is 0 Å². The molecule has 7 heteroatoms. The van der Waals surface area contributed by atoms with Crippen LogP contribution < -0.4 is 10.6 Å². The van der Waals surface area contributed by atoms with Gasteiger partial charge in [0.15, 0.2) is 0 Å². The van der Waals surface area contributed by atoms with Gasteiger partial charge in [-0.2, -0.15) is 0 Å². The lowest BCUT2D eigenvalue weighted by atomic mass is 9.93. The largest absolute Gasteiger partial charge is 0.336 e. The van der Waals surface area contributed by atoms with Crippen LogP contribution in [0.1, 0.15) is 40.5 Å². The van der Waals surface area contributed by atoms with Crippen molar-refractivity contribution >= 4 is 17.8 Å². The van der Waals surface area contributed by atoms with E-state index in [1.807, 2.05) is 27.7 Å². The number of amides is 4. The maximum Gasteiger partial charge on any atom is 0.325 e. The first-order chi connectivity index (χ1) is 10.4. The topological polar surface area (TPSA) is 81.8 Å². The van der Waals surface area contributed by atoms with Gasteiger partial charge in [-0.1, -0.05) is 13.8 Å². The van der Waals surface area contributed by atoms with E-state index in [2.05, 4.69) is 10.6 Å². The van der Waals surface area contributed by atoms with Crippen molar-refractivity contribution in [3.63, 3.8) is 0 Å². The normalized spacial score (nSPS) is 28.0. The molecule has 0 aliphatic carbocycles. The molecule has 2 N–H and O–H groups in total. The Labute approximate surface area is 131 Å². The highest BCUT2D eigenvalue weighted by atomic mass is 16.2. The minimum atomic E-state index is -0.847. The summed E-state index contributed by atoms with van der Waals surface area (Å²) < 4.78 is 0. The number of hydrogen-bond donors (Lipinski definition) is 2. The summed E-state index contributed by atoms with van der Waals surface area (Å²) in [4.78, 5) is 39.9. The van der Waals surface area contributed by atoms with E-state index in [0.29, 0.717) is 19.4 Å². The quantitative estimate of drug-likeness (QED) is 0.732. The van der Waals surface area contributed by atoms with Gasteiger partial charge in [-0.3, -0.25) is 14.5 Å². The summed E-state index contributed by atoms with van der Waals surface area (Å²) in [6, 6.07) is -0.215. The molecule has 0 radical (unpaired) electrons. The summed E-state index contributed by atoms with van der Waals surface area (Å²) in [5.74, 6) is -0.459. The second-order valence-electron chi connectivity index (χ2n) is 6.18.